The fraction of sp³-hybridized carbons (Fsp3) is 0.444. The van der Waals surface area contributed by atoms with Crippen molar-refractivity contribution >= 4 is 46.9 Å². The number of alkyl halides is 2. The predicted octanol–water partition coefficient (Wildman–Crippen LogP) is 3.08. The van der Waals surface area contributed by atoms with E-state index < -0.39 is 85.8 Å². The van der Waals surface area contributed by atoms with E-state index >= 15 is 0 Å². The number of carbonyl (C=O) groups excluding carboxylic acids is 3. The van der Waals surface area contributed by atoms with Gasteiger partial charge in [-0.1, -0.05) is 30.3 Å². The molecule has 1 amide bonds. The smallest absolute Gasteiger partial charge is 0.323 e. The summed E-state index contributed by atoms with van der Waals surface area (Å²) in [5, 5.41) is 25.7. The molecule has 2 aliphatic heterocycles. The molecule has 234 valence electrons. The van der Waals surface area contributed by atoms with Crippen LogP contribution in [-0.4, -0.2) is 82.0 Å². The van der Waals surface area contributed by atoms with Gasteiger partial charge in [0.05, 0.1) is 19.1 Å². The zero-order valence-corrected chi connectivity index (χ0v) is 24.9. The number of halogens is 3. The highest BCUT2D eigenvalue weighted by Gasteiger charge is 2.62. The van der Waals surface area contributed by atoms with Crippen molar-refractivity contribution in [1.29, 1.82) is 0 Å². The summed E-state index contributed by atoms with van der Waals surface area (Å²) in [4.78, 5) is 36.9. The number of amides is 1. The molecule has 2 aliphatic rings. The van der Waals surface area contributed by atoms with Gasteiger partial charge in [0.2, 0.25) is 11.7 Å². The molecule has 0 spiro atoms. The summed E-state index contributed by atoms with van der Waals surface area (Å²) < 4.78 is 65.4. The van der Waals surface area contributed by atoms with Crippen LogP contribution in [0.15, 0.2) is 54.5 Å². The van der Waals surface area contributed by atoms with E-state index in [1.165, 1.54) is 6.92 Å². The van der Waals surface area contributed by atoms with Crippen LogP contribution in [0.2, 0.25) is 0 Å². The van der Waals surface area contributed by atoms with Crippen LogP contribution in [0.25, 0.3) is 10.8 Å². The molecule has 0 bridgehead atoms. The fourth-order valence-electron chi connectivity index (χ4n) is 4.45. The number of hydrogen-bond acceptors (Lipinski definition) is 10. The number of esters is 1. The minimum atomic E-state index is -3.96. The molecule has 2 aromatic carbocycles. The third kappa shape index (κ3) is 7.09. The third-order valence-electron chi connectivity index (χ3n) is 6.68. The van der Waals surface area contributed by atoms with Crippen LogP contribution in [0.5, 0.6) is 5.75 Å². The molecule has 0 radical (unpaired) electrons. The van der Waals surface area contributed by atoms with E-state index in [0.29, 0.717) is 11.1 Å². The van der Waals surface area contributed by atoms with E-state index in [2.05, 4.69) is 5.09 Å². The van der Waals surface area contributed by atoms with E-state index in [1.54, 1.807) is 44.2 Å². The SMILES string of the molecule is CC(C)OC(=O)[C@H](C)NP(=S)(OC[C@@]1(C(F)F)O[C@@H](N2C=C(F)C(=O)CC2=O)[C@H](O)[C@@H]1O)Oc1ccc2ccccc2c1. The first-order valence-electron chi connectivity index (χ1n) is 13.1. The van der Waals surface area contributed by atoms with Crippen LogP contribution in [0.1, 0.15) is 27.2 Å². The maximum absolute atomic E-state index is 14.6. The van der Waals surface area contributed by atoms with Gasteiger partial charge in [-0.05, 0) is 55.5 Å². The Balaban J connectivity index is 1.63. The highest BCUT2D eigenvalue weighted by Crippen LogP contribution is 2.49. The van der Waals surface area contributed by atoms with E-state index in [9.17, 15) is 37.8 Å². The van der Waals surface area contributed by atoms with Crippen LogP contribution in [-0.2, 0) is 40.2 Å². The zero-order valence-electron chi connectivity index (χ0n) is 23.2. The molecule has 4 rings (SSSR count). The van der Waals surface area contributed by atoms with Crippen LogP contribution in [0, 0.1) is 0 Å². The standard InChI is InChI=1S/C27H30F3N2O9PS/c1-14(2)39-25(37)15(3)31-42(43,41-18-9-8-16-6-4-5-7-17(16)10-18)38-13-27(26(29)30)23(36)22(35)24(40-27)32-12-19(28)20(33)11-21(32)34/h4-10,12,14-15,22-24,26,35-36H,11,13H2,1-3H3,(H,31,43)/t15-,22+,23-,24+,27+,42?/m0/s1. The average molecular weight is 647 g/mol. The second kappa shape index (κ2) is 13.0. The molecule has 0 aromatic heterocycles. The molecular weight excluding hydrogens is 616 g/mol. The number of aliphatic hydroxyl groups is 2. The molecule has 1 fully saturated rings. The van der Waals surface area contributed by atoms with Gasteiger partial charge < -0.3 is 28.7 Å². The van der Waals surface area contributed by atoms with Crippen molar-refractivity contribution in [2.75, 3.05) is 6.61 Å². The predicted molar refractivity (Wildman–Crippen MR) is 150 cm³/mol. The van der Waals surface area contributed by atoms with E-state index in [1.807, 2.05) is 12.1 Å². The van der Waals surface area contributed by atoms with Gasteiger partial charge in [-0.2, -0.15) is 0 Å². The summed E-state index contributed by atoms with van der Waals surface area (Å²) in [7, 11) is 0. The van der Waals surface area contributed by atoms with Crippen LogP contribution >= 0.6 is 6.64 Å². The molecule has 0 saturated carbocycles. The van der Waals surface area contributed by atoms with Gasteiger partial charge >= 0.3 is 12.6 Å². The Bertz CT molecular complexity index is 1480. The third-order valence-corrected chi connectivity index (χ3v) is 9.16. The lowest BCUT2D eigenvalue weighted by molar-refractivity contribution is -0.199. The summed E-state index contributed by atoms with van der Waals surface area (Å²) in [6.45, 7) is -0.510. The number of Topliss-reactive ketones (excluding diaryl/α,β-unsaturated/α-hetero) is 1. The number of benzene rings is 2. The van der Waals surface area contributed by atoms with Crippen molar-refractivity contribution < 1.29 is 56.3 Å². The van der Waals surface area contributed by atoms with Crippen LogP contribution < -0.4 is 9.61 Å². The second-order valence-electron chi connectivity index (χ2n) is 10.3. The van der Waals surface area contributed by atoms with E-state index in [4.69, 9.17) is 30.3 Å². The Hall–Kier alpha value is -2.91. The average Bonchev–Trinajstić information content (AvgIpc) is 3.19. The molecule has 3 N–H and O–H groups in total. The van der Waals surface area contributed by atoms with Gasteiger partial charge in [-0.3, -0.25) is 19.3 Å². The number of allylic oxidation sites excluding steroid dienone is 1. The number of fused-ring (bicyclic) bond motifs is 1. The van der Waals surface area contributed by atoms with Gasteiger partial charge in [-0.15, -0.1) is 0 Å². The van der Waals surface area contributed by atoms with Crippen molar-refractivity contribution in [2.45, 2.75) is 69.8 Å². The maximum atomic E-state index is 14.6. The first kappa shape index (κ1) is 33.0. The molecule has 2 aromatic rings. The Kier molecular flexibility index (Phi) is 9.96. The van der Waals surface area contributed by atoms with Gasteiger partial charge in [0.25, 0.3) is 6.43 Å². The Morgan fingerprint density at radius 3 is 2.51 bits per heavy atom. The van der Waals surface area contributed by atoms with Crippen molar-refractivity contribution in [3.8, 4) is 5.75 Å². The minimum Gasteiger partial charge on any atom is -0.462 e. The summed E-state index contributed by atoms with van der Waals surface area (Å²) in [6, 6.07) is 11.0. The molecule has 1 unspecified atom stereocenters. The van der Waals surface area contributed by atoms with Crippen molar-refractivity contribution in [2.24, 2.45) is 0 Å². The number of rotatable bonds is 11. The molecule has 2 heterocycles. The summed E-state index contributed by atoms with van der Waals surface area (Å²) in [5.41, 5.74) is -2.99. The van der Waals surface area contributed by atoms with Crippen LogP contribution in [0.3, 0.4) is 0 Å². The summed E-state index contributed by atoms with van der Waals surface area (Å²) in [5.74, 6) is -4.11. The van der Waals surface area contributed by atoms with Gasteiger partial charge in [0.1, 0.15) is 24.0 Å². The number of ketones is 1. The minimum absolute atomic E-state index is 0.167. The Morgan fingerprint density at radius 1 is 1.19 bits per heavy atom. The quantitative estimate of drug-likeness (QED) is 0.188. The summed E-state index contributed by atoms with van der Waals surface area (Å²) >= 11 is 5.60. The summed E-state index contributed by atoms with van der Waals surface area (Å²) in [6.07, 6.45) is -11.1. The molecule has 16 heteroatoms. The zero-order chi connectivity index (χ0) is 31.7. The number of nitrogens with zero attached hydrogens (tertiary/aromatic N) is 1. The fourth-order valence-corrected chi connectivity index (χ4v) is 6.86. The largest absolute Gasteiger partial charge is 0.462 e. The van der Waals surface area contributed by atoms with Crippen molar-refractivity contribution in [3.05, 3.63) is 54.5 Å². The lowest BCUT2D eigenvalue weighted by Gasteiger charge is -2.35. The van der Waals surface area contributed by atoms with Gasteiger partial charge in [-0.25, -0.2) is 18.3 Å². The number of ether oxygens (including phenoxy) is 2. The van der Waals surface area contributed by atoms with Crippen LogP contribution in [0.4, 0.5) is 13.2 Å². The molecule has 43 heavy (non-hydrogen) atoms. The maximum Gasteiger partial charge on any atom is 0.323 e. The van der Waals surface area contributed by atoms with Gasteiger partial charge in [0.15, 0.2) is 17.7 Å². The van der Waals surface area contributed by atoms with E-state index in [-0.39, 0.29) is 5.75 Å². The number of hydrogen-bond donors (Lipinski definition) is 3. The molecule has 1 saturated heterocycles. The van der Waals surface area contributed by atoms with Crippen molar-refractivity contribution in [1.82, 2.24) is 9.99 Å². The Morgan fingerprint density at radius 2 is 1.86 bits per heavy atom. The monoisotopic (exact) mass is 646 g/mol. The number of nitrogens with one attached hydrogen (secondary N) is 1. The molecule has 11 nitrogen and oxygen atoms in total. The highest BCUT2D eigenvalue weighted by molar-refractivity contribution is 8.09. The Labute approximate surface area is 249 Å². The van der Waals surface area contributed by atoms with Crippen molar-refractivity contribution in [3.63, 3.8) is 0 Å². The lowest BCUT2D eigenvalue weighted by Crippen LogP contribution is -2.53. The normalized spacial score (nSPS) is 26.5. The first-order valence-corrected chi connectivity index (χ1v) is 15.7. The number of aliphatic hydroxyl groups excluding tert-OH is 2. The molecule has 0 aliphatic carbocycles. The molecule has 6 atom stereocenters. The number of carbonyl (C=O) groups is 3. The lowest BCUT2D eigenvalue weighted by atomic mass is 9.96. The first-order chi connectivity index (χ1) is 20.2. The van der Waals surface area contributed by atoms with E-state index in [0.717, 1.165) is 10.8 Å². The van der Waals surface area contributed by atoms with Gasteiger partial charge in [0, 0.05) is 6.20 Å². The highest BCUT2D eigenvalue weighted by atomic mass is 32.5. The topological polar surface area (TPSA) is 144 Å². The second-order valence-corrected chi connectivity index (χ2v) is 13.4. The molecular formula is C27H30F3N2O9PS.